The molecule has 1 nitrogen and oxygen atoms in total. The van der Waals surface area contributed by atoms with Crippen molar-refractivity contribution in [2.45, 2.75) is 0 Å². The second-order valence-electron chi connectivity index (χ2n) is 10.2. The highest BCUT2D eigenvalue weighted by Gasteiger charge is 2.55. The van der Waals surface area contributed by atoms with Gasteiger partial charge >= 0.3 is 0 Å². The van der Waals surface area contributed by atoms with E-state index in [1.807, 2.05) is 0 Å². The minimum absolute atomic E-state index is 1.38. The van der Waals surface area contributed by atoms with Gasteiger partial charge in [0.25, 0.3) is 0 Å². The highest BCUT2D eigenvalue weighted by molar-refractivity contribution is 7.22. The molecule has 194 valence electrons. The topological polar surface area (TPSA) is 3.24 Å². The predicted octanol–water partition coefficient (Wildman–Crippen LogP) is 4.25. The molecule has 0 spiro atoms. The van der Waals surface area contributed by atoms with Crippen molar-refractivity contribution in [2.24, 2.45) is 0 Å². The third-order valence-corrected chi connectivity index (χ3v) is 19.2. The van der Waals surface area contributed by atoms with Crippen LogP contribution in [-0.2, 0) is 0 Å². The summed E-state index contributed by atoms with van der Waals surface area (Å²) in [6.45, 7) is 0. The Morgan fingerprint density at radius 2 is 0.425 bits per heavy atom. The lowest BCUT2D eigenvalue weighted by Gasteiger charge is -2.52. The number of nitrogens with zero attached hydrogens (tertiary/aromatic N) is 1. The van der Waals surface area contributed by atoms with Gasteiger partial charge < -0.3 is 4.23 Å². The zero-order valence-electron chi connectivity index (χ0n) is 22.8. The zero-order valence-corrected chi connectivity index (χ0v) is 24.8. The highest BCUT2D eigenvalue weighted by atomic mass is 28.4. The zero-order chi connectivity index (χ0) is 27.3. The summed E-state index contributed by atoms with van der Waals surface area (Å²) in [4.78, 5) is 0. The van der Waals surface area contributed by atoms with Crippen molar-refractivity contribution in [3.63, 3.8) is 0 Å². The van der Waals surface area contributed by atoms with Gasteiger partial charge in [0.2, 0.25) is 16.5 Å². The van der Waals surface area contributed by atoms with E-state index in [0.717, 1.165) is 0 Å². The molecule has 0 N–H and O–H groups in total. The minimum atomic E-state index is -2.82. The summed E-state index contributed by atoms with van der Waals surface area (Å²) in [5.74, 6) is 0. The van der Waals surface area contributed by atoms with E-state index in [2.05, 4.69) is 193 Å². The van der Waals surface area contributed by atoms with Crippen molar-refractivity contribution < 1.29 is 0 Å². The van der Waals surface area contributed by atoms with Gasteiger partial charge in [0, 0.05) is 0 Å². The lowest BCUT2D eigenvalue weighted by Crippen LogP contribution is -2.89. The molecule has 0 amide bonds. The van der Waals surface area contributed by atoms with E-state index >= 15 is 0 Å². The van der Waals surface area contributed by atoms with Gasteiger partial charge in [0.1, 0.15) is 0 Å². The summed E-state index contributed by atoms with van der Waals surface area (Å²) in [6.07, 6.45) is 0. The van der Waals surface area contributed by atoms with E-state index in [-0.39, 0.29) is 0 Å². The highest BCUT2D eigenvalue weighted by Crippen LogP contribution is 2.21. The molecule has 0 bridgehead atoms. The van der Waals surface area contributed by atoms with Gasteiger partial charge in [-0.15, -0.1) is 0 Å². The molecule has 0 heterocycles. The Balaban J connectivity index is 1.81. The van der Waals surface area contributed by atoms with E-state index in [1.165, 1.54) is 31.1 Å². The molecule has 0 fully saturated rings. The Hall–Kier alpha value is -4.29. The molecular formula is C37H33NSi2. The molecule has 0 aliphatic heterocycles. The number of rotatable bonds is 8. The number of hydrogen-bond acceptors (Lipinski definition) is 1. The summed E-state index contributed by atoms with van der Waals surface area (Å²) < 4.78 is 2.88. The lowest BCUT2D eigenvalue weighted by molar-refractivity contribution is 0.803. The quantitative estimate of drug-likeness (QED) is 0.203. The van der Waals surface area contributed by atoms with Crippen LogP contribution in [-0.4, -0.2) is 27.7 Å². The second kappa shape index (κ2) is 11.4. The molecule has 6 aromatic carbocycles. The SMILES string of the molecule is CN([Si](c1ccccc1)(c1ccccc1)c1ccccc1)[Si](c1ccccc1)(c1ccccc1)c1ccccc1. The van der Waals surface area contributed by atoms with Gasteiger partial charge in [-0.25, -0.2) is 0 Å². The van der Waals surface area contributed by atoms with E-state index in [1.54, 1.807) is 0 Å². The van der Waals surface area contributed by atoms with Crippen molar-refractivity contribution in [3.8, 4) is 0 Å². The summed E-state index contributed by atoms with van der Waals surface area (Å²) in [6, 6.07) is 67.4. The first-order chi connectivity index (χ1) is 19.8. The van der Waals surface area contributed by atoms with Crippen LogP contribution in [0, 0.1) is 0 Å². The Kier molecular flexibility index (Phi) is 7.43. The summed E-state index contributed by atoms with van der Waals surface area (Å²) >= 11 is 0. The van der Waals surface area contributed by atoms with Crippen LogP contribution in [0.5, 0.6) is 0 Å². The normalized spacial score (nSPS) is 11.8. The molecule has 0 aromatic heterocycles. The fraction of sp³-hybridized carbons (Fsp3) is 0.0270. The van der Waals surface area contributed by atoms with Crippen LogP contribution >= 0.6 is 0 Å². The molecule has 0 atom stereocenters. The molecular weight excluding hydrogens is 515 g/mol. The third kappa shape index (κ3) is 4.29. The van der Waals surface area contributed by atoms with E-state index in [0.29, 0.717) is 0 Å². The van der Waals surface area contributed by atoms with Crippen LogP contribution in [0.15, 0.2) is 182 Å². The number of hydrogen-bond donors (Lipinski definition) is 0. The first-order valence-electron chi connectivity index (χ1n) is 13.9. The Labute approximate surface area is 240 Å². The maximum Gasteiger partial charge on any atom is 0.218 e. The first-order valence-corrected chi connectivity index (χ1v) is 17.8. The molecule has 0 radical (unpaired) electrons. The lowest BCUT2D eigenvalue weighted by atomic mass is 10.3. The van der Waals surface area contributed by atoms with Crippen molar-refractivity contribution >= 4 is 47.6 Å². The van der Waals surface area contributed by atoms with Gasteiger partial charge in [0.05, 0.1) is 0 Å². The van der Waals surface area contributed by atoms with Crippen LogP contribution < -0.4 is 31.1 Å². The average molecular weight is 548 g/mol. The molecule has 0 aliphatic carbocycles. The molecule has 3 heteroatoms. The molecule has 6 aromatic rings. The van der Waals surface area contributed by atoms with Crippen LogP contribution in [0.1, 0.15) is 0 Å². The second-order valence-corrected chi connectivity index (χ2v) is 18.3. The van der Waals surface area contributed by atoms with Crippen LogP contribution in [0.2, 0.25) is 0 Å². The minimum Gasteiger partial charge on any atom is -0.327 e. The molecule has 6 rings (SSSR count). The van der Waals surface area contributed by atoms with Gasteiger partial charge in [0.15, 0.2) is 0 Å². The molecule has 40 heavy (non-hydrogen) atoms. The van der Waals surface area contributed by atoms with Crippen molar-refractivity contribution in [3.05, 3.63) is 182 Å². The smallest absolute Gasteiger partial charge is 0.218 e. The standard InChI is InChI=1S/C37H33NSi2/c1-38(39(32-20-8-2-9-21-32,33-22-10-3-11-23-33)34-24-12-4-13-25-34)40(35-26-14-5-15-27-35,36-28-16-6-17-29-36)37-30-18-7-19-31-37/h2-31H,1H3. The predicted molar refractivity (Wildman–Crippen MR) is 176 cm³/mol. The van der Waals surface area contributed by atoms with E-state index < -0.39 is 16.5 Å². The Morgan fingerprint density at radius 3 is 0.575 bits per heavy atom. The van der Waals surface area contributed by atoms with Gasteiger partial charge in [-0.1, -0.05) is 182 Å². The summed E-state index contributed by atoms with van der Waals surface area (Å²) in [7, 11) is -3.22. The Morgan fingerprint density at radius 1 is 0.275 bits per heavy atom. The fourth-order valence-corrected chi connectivity index (χ4v) is 19.2. The maximum absolute atomic E-state index is 2.88. The summed E-state index contributed by atoms with van der Waals surface area (Å²) in [5.41, 5.74) is 0. The van der Waals surface area contributed by atoms with Gasteiger partial charge in [-0.3, -0.25) is 0 Å². The summed E-state index contributed by atoms with van der Waals surface area (Å²) in [5, 5.41) is 8.30. The largest absolute Gasteiger partial charge is 0.327 e. The van der Waals surface area contributed by atoms with Crippen LogP contribution in [0.25, 0.3) is 0 Å². The maximum atomic E-state index is 2.88. The van der Waals surface area contributed by atoms with Crippen molar-refractivity contribution in [1.29, 1.82) is 0 Å². The van der Waals surface area contributed by atoms with Crippen LogP contribution in [0.3, 0.4) is 0 Å². The van der Waals surface area contributed by atoms with Crippen molar-refractivity contribution in [1.82, 2.24) is 4.23 Å². The van der Waals surface area contributed by atoms with E-state index in [4.69, 9.17) is 0 Å². The van der Waals surface area contributed by atoms with Gasteiger partial charge in [-0.2, -0.15) is 0 Å². The monoisotopic (exact) mass is 547 g/mol. The first kappa shape index (κ1) is 26.0. The van der Waals surface area contributed by atoms with Crippen LogP contribution in [0.4, 0.5) is 0 Å². The molecule has 0 unspecified atom stereocenters. The molecule has 0 saturated heterocycles. The third-order valence-electron chi connectivity index (χ3n) is 8.16. The Bertz CT molecular complexity index is 1310. The van der Waals surface area contributed by atoms with E-state index in [9.17, 15) is 0 Å². The fourth-order valence-electron chi connectivity index (χ4n) is 6.49. The molecule has 0 aliphatic rings. The number of benzene rings is 6. The molecule has 0 saturated carbocycles. The average Bonchev–Trinajstić information content (AvgIpc) is 3.05. The van der Waals surface area contributed by atoms with Crippen molar-refractivity contribution in [2.75, 3.05) is 7.05 Å². The van der Waals surface area contributed by atoms with Gasteiger partial charge in [-0.05, 0) is 38.2 Å².